The van der Waals surface area contributed by atoms with Crippen molar-refractivity contribution in [2.45, 2.75) is 19.5 Å². The van der Waals surface area contributed by atoms with Gasteiger partial charge in [0.05, 0.1) is 6.26 Å². The molecule has 0 unspecified atom stereocenters. The summed E-state index contributed by atoms with van der Waals surface area (Å²) >= 11 is 0. The van der Waals surface area contributed by atoms with E-state index in [-0.39, 0.29) is 5.91 Å². The molecule has 0 saturated carbocycles. The van der Waals surface area contributed by atoms with Crippen LogP contribution in [0.3, 0.4) is 0 Å². The normalized spacial score (nSPS) is 12.2. The van der Waals surface area contributed by atoms with Gasteiger partial charge >= 0.3 is 0 Å². The standard InChI is InChI=1S/C15H18N2O2/c1-11-13(8-9-19-11)10-17(2)15(18)14(16)12-6-4-3-5-7-12/h3-9,14H,10,16H2,1-2H3/t14-/m0/s1. The molecule has 0 fully saturated rings. The van der Waals surface area contributed by atoms with Crippen molar-refractivity contribution in [1.82, 2.24) is 4.90 Å². The number of carbonyl (C=O) groups is 1. The third kappa shape index (κ3) is 3.03. The van der Waals surface area contributed by atoms with Crippen molar-refractivity contribution in [2.75, 3.05) is 7.05 Å². The predicted molar refractivity (Wildman–Crippen MR) is 73.3 cm³/mol. The zero-order valence-corrected chi connectivity index (χ0v) is 11.2. The molecule has 1 aromatic carbocycles. The molecule has 2 rings (SSSR count). The molecule has 0 aliphatic rings. The van der Waals surface area contributed by atoms with Crippen LogP contribution >= 0.6 is 0 Å². The molecule has 4 heteroatoms. The van der Waals surface area contributed by atoms with Gasteiger partial charge in [0.25, 0.3) is 0 Å². The Morgan fingerprint density at radius 3 is 2.58 bits per heavy atom. The van der Waals surface area contributed by atoms with Gasteiger partial charge in [-0.3, -0.25) is 4.79 Å². The monoisotopic (exact) mass is 258 g/mol. The first kappa shape index (κ1) is 13.4. The van der Waals surface area contributed by atoms with Crippen molar-refractivity contribution in [3.8, 4) is 0 Å². The van der Waals surface area contributed by atoms with Gasteiger partial charge in [0.15, 0.2) is 0 Å². The van der Waals surface area contributed by atoms with Gasteiger partial charge in [-0.2, -0.15) is 0 Å². The summed E-state index contributed by atoms with van der Waals surface area (Å²) in [5, 5.41) is 0. The largest absolute Gasteiger partial charge is 0.469 e. The van der Waals surface area contributed by atoms with E-state index in [2.05, 4.69) is 0 Å². The molecule has 0 bridgehead atoms. The lowest BCUT2D eigenvalue weighted by molar-refractivity contribution is -0.131. The first-order valence-corrected chi connectivity index (χ1v) is 6.18. The van der Waals surface area contributed by atoms with Crippen molar-refractivity contribution < 1.29 is 9.21 Å². The molecule has 0 saturated heterocycles. The molecule has 2 aromatic rings. The van der Waals surface area contributed by atoms with Crippen molar-refractivity contribution in [1.29, 1.82) is 0 Å². The van der Waals surface area contributed by atoms with Crippen LogP contribution in [-0.4, -0.2) is 17.9 Å². The van der Waals surface area contributed by atoms with Gasteiger partial charge in [-0.15, -0.1) is 0 Å². The number of nitrogens with zero attached hydrogens (tertiary/aromatic N) is 1. The molecule has 4 nitrogen and oxygen atoms in total. The highest BCUT2D eigenvalue weighted by molar-refractivity contribution is 5.82. The number of carbonyl (C=O) groups excluding carboxylic acids is 1. The summed E-state index contributed by atoms with van der Waals surface area (Å²) in [6.07, 6.45) is 1.63. The van der Waals surface area contributed by atoms with Crippen LogP contribution in [0, 0.1) is 6.92 Å². The van der Waals surface area contributed by atoms with Gasteiger partial charge in [-0.25, -0.2) is 0 Å². The van der Waals surface area contributed by atoms with Gasteiger partial charge in [-0.1, -0.05) is 30.3 Å². The second-order valence-corrected chi connectivity index (χ2v) is 4.58. The minimum Gasteiger partial charge on any atom is -0.469 e. The highest BCUT2D eigenvalue weighted by Crippen LogP contribution is 2.16. The van der Waals surface area contributed by atoms with E-state index in [1.165, 1.54) is 0 Å². The zero-order valence-electron chi connectivity index (χ0n) is 11.2. The Morgan fingerprint density at radius 2 is 2.00 bits per heavy atom. The third-order valence-corrected chi connectivity index (χ3v) is 3.17. The molecule has 1 atom stereocenters. The average molecular weight is 258 g/mol. The van der Waals surface area contributed by atoms with Crippen molar-refractivity contribution in [3.05, 3.63) is 59.5 Å². The zero-order chi connectivity index (χ0) is 13.8. The van der Waals surface area contributed by atoms with E-state index in [0.29, 0.717) is 6.54 Å². The summed E-state index contributed by atoms with van der Waals surface area (Å²) in [6, 6.07) is 10.6. The van der Waals surface area contributed by atoms with Crippen molar-refractivity contribution in [3.63, 3.8) is 0 Å². The molecular formula is C15H18N2O2. The smallest absolute Gasteiger partial charge is 0.244 e. The van der Waals surface area contributed by atoms with E-state index >= 15 is 0 Å². The predicted octanol–water partition coefficient (Wildman–Crippen LogP) is 2.25. The van der Waals surface area contributed by atoms with E-state index in [4.69, 9.17) is 10.2 Å². The molecule has 0 aliphatic heterocycles. The van der Waals surface area contributed by atoms with Crippen LogP contribution in [0.4, 0.5) is 0 Å². The number of hydrogen-bond donors (Lipinski definition) is 1. The number of likely N-dealkylation sites (N-methyl/N-ethyl adjacent to an activating group) is 1. The lowest BCUT2D eigenvalue weighted by Crippen LogP contribution is -2.35. The molecule has 0 aliphatic carbocycles. The maximum absolute atomic E-state index is 12.3. The highest BCUT2D eigenvalue weighted by atomic mass is 16.3. The summed E-state index contributed by atoms with van der Waals surface area (Å²) in [4.78, 5) is 13.9. The molecule has 1 aromatic heterocycles. The molecule has 100 valence electrons. The first-order chi connectivity index (χ1) is 9.09. The second-order valence-electron chi connectivity index (χ2n) is 4.58. The fourth-order valence-corrected chi connectivity index (χ4v) is 1.95. The van der Waals surface area contributed by atoms with Crippen LogP contribution in [0.15, 0.2) is 47.1 Å². The van der Waals surface area contributed by atoms with Crippen molar-refractivity contribution >= 4 is 5.91 Å². The number of nitrogens with two attached hydrogens (primary N) is 1. The number of furan rings is 1. The Morgan fingerprint density at radius 1 is 1.32 bits per heavy atom. The minimum absolute atomic E-state index is 0.105. The van der Waals surface area contributed by atoms with Gasteiger partial charge in [0.2, 0.25) is 5.91 Å². The van der Waals surface area contributed by atoms with E-state index in [9.17, 15) is 4.79 Å². The van der Waals surface area contributed by atoms with Gasteiger partial charge < -0.3 is 15.1 Å². The van der Waals surface area contributed by atoms with Crippen molar-refractivity contribution in [2.24, 2.45) is 5.73 Å². The second kappa shape index (κ2) is 5.71. The molecule has 0 spiro atoms. The van der Waals surface area contributed by atoms with E-state index < -0.39 is 6.04 Å². The Kier molecular flexibility index (Phi) is 4.02. The molecular weight excluding hydrogens is 240 g/mol. The van der Waals surface area contributed by atoms with Crippen LogP contribution in [0.5, 0.6) is 0 Å². The number of rotatable bonds is 4. The van der Waals surface area contributed by atoms with Gasteiger partial charge in [-0.05, 0) is 18.6 Å². The third-order valence-electron chi connectivity index (χ3n) is 3.17. The highest BCUT2D eigenvalue weighted by Gasteiger charge is 2.20. The number of hydrogen-bond acceptors (Lipinski definition) is 3. The summed E-state index contributed by atoms with van der Waals surface area (Å²) in [5.41, 5.74) is 7.81. The molecule has 0 radical (unpaired) electrons. The van der Waals surface area contributed by atoms with E-state index in [1.807, 2.05) is 43.3 Å². The number of benzene rings is 1. The van der Waals surface area contributed by atoms with Crippen LogP contribution in [0.1, 0.15) is 22.9 Å². The van der Waals surface area contributed by atoms with Gasteiger partial charge in [0, 0.05) is 19.2 Å². The summed E-state index contributed by atoms with van der Waals surface area (Å²) < 4.78 is 5.22. The van der Waals surface area contributed by atoms with E-state index in [1.54, 1.807) is 18.2 Å². The molecule has 19 heavy (non-hydrogen) atoms. The quantitative estimate of drug-likeness (QED) is 0.915. The topological polar surface area (TPSA) is 59.5 Å². The maximum atomic E-state index is 12.3. The lowest BCUT2D eigenvalue weighted by atomic mass is 10.1. The van der Waals surface area contributed by atoms with Gasteiger partial charge in [0.1, 0.15) is 11.8 Å². The summed E-state index contributed by atoms with van der Waals surface area (Å²) in [7, 11) is 1.75. The Hall–Kier alpha value is -2.07. The summed E-state index contributed by atoms with van der Waals surface area (Å²) in [6.45, 7) is 2.38. The fourth-order valence-electron chi connectivity index (χ4n) is 1.95. The van der Waals surface area contributed by atoms with Crippen LogP contribution in [0.2, 0.25) is 0 Å². The SMILES string of the molecule is Cc1occc1CN(C)C(=O)[C@@H](N)c1ccccc1. The minimum atomic E-state index is -0.626. The number of aryl methyl sites for hydroxylation is 1. The van der Waals surface area contributed by atoms with Crippen LogP contribution in [0.25, 0.3) is 0 Å². The Bertz CT molecular complexity index is 548. The molecule has 1 amide bonds. The maximum Gasteiger partial charge on any atom is 0.244 e. The first-order valence-electron chi connectivity index (χ1n) is 6.18. The number of amides is 1. The van der Waals surface area contributed by atoms with Crippen LogP contribution < -0.4 is 5.73 Å². The fraction of sp³-hybridized carbons (Fsp3) is 0.267. The van der Waals surface area contributed by atoms with E-state index in [0.717, 1.165) is 16.9 Å². The molecule has 1 heterocycles. The lowest BCUT2D eigenvalue weighted by Gasteiger charge is -2.21. The Labute approximate surface area is 112 Å². The molecule has 2 N–H and O–H groups in total. The Balaban J connectivity index is 2.05. The summed E-state index contributed by atoms with van der Waals surface area (Å²) in [5.74, 6) is 0.722. The average Bonchev–Trinajstić information content (AvgIpc) is 2.83. The van der Waals surface area contributed by atoms with Crippen LogP contribution in [-0.2, 0) is 11.3 Å².